The molecule has 1 aliphatic carbocycles. The Balaban J connectivity index is 1.45. The van der Waals surface area contributed by atoms with Crippen LogP contribution in [0.1, 0.15) is 53.9 Å². The Hall–Kier alpha value is -4.36. The number of hydrogen-bond donors (Lipinski definition) is 1. The zero-order chi connectivity index (χ0) is 33.4. The number of pyridine rings is 3. The third-order valence-corrected chi connectivity index (χ3v) is 8.12. The average Bonchev–Trinajstić information content (AvgIpc) is 3.05. The summed E-state index contributed by atoms with van der Waals surface area (Å²) in [6, 6.07) is 17.6. The van der Waals surface area contributed by atoms with E-state index in [0.29, 0.717) is 37.3 Å². The first-order valence-electron chi connectivity index (χ1n) is 15.2. The number of alkyl halides is 6. The summed E-state index contributed by atoms with van der Waals surface area (Å²) in [4.78, 5) is 31.1. The number of nitrogens with one attached hydrogen (secondary N) is 1. The van der Waals surface area contributed by atoms with E-state index in [-0.39, 0.29) is 31.2 Å². The van der Waals surface area contributed by atoms with Crippen molar-refractivity contribution < 1.29 is 31.1 Å². The lowest BCUT2D eigenvalue weighted by atomic mass is 9.87. The van der Waals surface area contributed by atoms with E-state index >= 15 is 0 Å². The molecule has 1 fully saturated rings. The maximum absolute atomic E-state index is 13.5. The Morgan fingerprint density at radius 2 is 1.09 bits per heavy atom. The third kappa shape index (κ3) is 9.58. The average molecular weight is 657 g/mol. The summed E-state index contributed by atoms with van der Waals surface area (Å²) in [6.45, 7) is 0.975. The summed E-state index contributed by atoms with van der Waals surface area (Å²) in [5.74, 6) is -0.737. The molecule has 47 heavy (non-hydrogen) atoms. The summed E-state index contributed by atoms with van der Waals surface area (Å²) in [7, 11) is 0. The molecule has 2 atom stereocenters. The molecule has 7 nitrogen and oxygen atoms in total. The van der Waals surface area contributed by atoms with Gasteiger partial charge in [-0.05, 0) is 67.4 Å². The highest BCUT2D eigenvalue weighted by atomic mass is 19.4. The topological polar surface area (TPSA) is 74.2 Å². The Kier molecular flexibility index (Phi) is 10.9. The van der Waals surface area contributed by atoms with Gasteiger partial charge in [0.15, 0.2) is 0 Å². The van der Waals surface area contributed by atoms with Crippen molar-refractivity contribution in [1.29, 1.82) is 0 Å². The van der Waals surface area contributed by atoms with Crippen molar-refractivity contribution in [2.45, 2.75) is 69.8 Å². The Morgan fingerprint density at radius 1 is 0.660 bits per heavy atom. The maximum atomic E-state index is 13.5. The zero-order valence-corrected chi connectivity index (χ0v) is 25.4. The van der Waals surface area contributed by atoms with Gasteiger partial charge in [0.2, 0.25) is 5.91 Å². The standard InChI is InChI=1S/C34H34F6N6O/c35-33(36,37)24-17-25(34(38,39)40)19-29(18-24)44-32(47)23-46(22-28-11-5-8-16-43-28)31-13-2-1-12-30(31)45(20-26-9-3-6-14-41-26)21-27-10-4-7-15-42-27/h3-11,14-19,30-31H,1-2,12-13,20-23H2,(H,44,47)/t30?,31-/m1/s1. The number of anilines is 1. The number of carbonyl (C=O) groups excluding carboxylic acids is 1. The summed E-state index contributed by atoms with van der Waals surface area (Å²) in [5, 5.41) is 2.31. The second kappa shape index (κ2) is 15.0. The Morgan fingerprint density at radius 3 is 1.49 bits per heavy atom. The zero-order valence-electron chi connectivity index (χ0n) is 25.4. The lowest BCUT2D eigenvalue weighted by molar-refractivity contribution is -0.143. The van der Waals surface area contributed by atoms with Crippen LogP contribution in [0.5, 0.6) is 0 Å². The minimum absolute atomic E-state index is 0.0351. The van der Waals surface area contributed by atoms with Gasteiger partial charge in [-0.3, -0.25) is 29.5 Å². The molecule has 0 spiro atoms. The first kappa shape index (κ1) is 34.0. The molecule has 248 valence electrons. The molecule has 3 aromatic heterocycles. The molecule has 1 saturated carbocycles. The van der Waals surface area contributed by atoms with Crippen LogP contribution in [0, 0.1) is 0 Å². The molecule has 13 heteroatoms. The van der Waals surface area contributed by atoms with Crippen LogP contribution < -0.4 is 5.32 Å². The highest BCUT2D eigenvalue weighted by Crippen LogP contribution is 2.38. The fourth-order valence-corrected chi connectivity index (χ4v) is 6.04. The van der Waals surface area contributed by atoms with Crippen LogP contribution in [0.3, 0.4) is 0 Å². The molecule has 0 radical (unpaired) electrons. The van der Waals surface area contributed by atoms with Crippen molar-refractivity contribution in [2.24, 2.45) is 0 Å². The number of benzene rings is 1. The molecule has 4 aromatic rings. The number of halogens is 6. The number of carbonyl (C=O) groups is 1. The van der Waals surface area contributed by atoms with E-state index in [1.54, 1.807) is 24.7 Å². The summed E-state index contributed by atoms with van der Waals surface area (Å²) in [5.41, 5.74) is -1.20. The van der Waals surface area contributed by atoms with E-state index < -0.39 is 35.1 Å². The van der Waals surface area contributed by atoms with Gasteiger partial charge in [-0.1, -0.05) is 31.0 Å². The molecule has 1 unspecified atom stereocenters. The van der Waals surface area contributed by atoms with Gasteiger partial charge in [0.25, 0.3) is 0 Å². The molecule has 0 bridgehead atoms. The van der Waals surface area contributed by atoms with E-state index in [0.717, 1.165) is 30.7 Å². The molecule has 1 N–H and O–H groups in total. The number of hydrogen-bond acceptors (Lipinski definition) is 6. The van der Waals surface area contributed by atoms with Gasteiger partial charge in [0, 0.05) is 56.0 Å². The lowest BCUT2D eigenvalue weighted by Gasteiger charge is -2.45. The summed E-state index contributed by atoms with van der Waals surface area (Å²) in [6.07, 6.45) is -1.66. The molecule has 1 amide bonds. The van der Waals surface area contributed by atoms with E-state index in [4.69, 9.17) is 0 Å². The van der Waals surface area contributed by atoms with Crippen LogP contribution >= 0.6 is 0 Å². The Bertz CT molecular complexity index is 1510. The smallest absolute Gasteiger partial charge is 0.325 e. The summed E-state index contributed by atoms with van der Waals surface area (Å²) < 4.78 is 80.9. The molecule has 0 aliphatic heterocycles. The van der Waals surface area contributed by atoms with E-state index in [9.17, 15) is 31.1 Å². The fourth-order valence-electron chi connectivity index (χ4n) is 6.04. The van der Waals surface area contributed by atoms with Crippen molar-refractivity contribution >= 4 is 11.6 Å². The Labute approximate surface area is 268 Å². The van der Waals surface area contributed by atoms with Crippen LogP contribution in [0.4, 0.5) is 32.0 Å². The van der Waals surface area contributed by atoms with Gasteiger partial charge in [-0.15, -0.1) is 0 Å². The quantitative estimate of drug-likeness (QED) is 0.170. The first-order valence-corrected chi connectivity index (χ1v) is 15.2. The van der Waals surface area contributed by atoms with Crippen LogP contribution in [0.2, 0.25) is 0 Å². The van der Waals surface area contributed by atoms with Crippen molar-refractivity contribution in [3.05, 3.63) is 120 Å². The predicted octanol–water partition coefficient (Wildman–Crippen LogP) is 7.36. The minimum atomic E-state index is -5.04. The molecule has 5 rings (SSSR count). The third-order valence-electron chi connectivity index (χ3n) is 8.12. The van der Waals surface area contributed by atoms with E-state index in [2.05, 4.69) is 25.2 Å². The van der Waals surface area contributed by atoms with E-state index in [1.165, 1.54) is 0 Å². The van der Waals surface area contributed by atoms with Crippen LogP contribution in [0.15, 0.2) is 91.4 Å². The van der Waals surface area contributed by atoms with Crippen LogP contribution in [0.25, 0.3) is 0 Å². The number of rotatable bonds is 11. The SMILES string of the molecule is O=C(CN(Cc1ccccn1)[C@@H]1CCCCC1N(Cc1ccccn1)Cc1ccccn1)Nc1cc(C(F)(F)F)cc(C(F)(F)F)c1. The van der Waals surface area contributed by atoms with Gasteiger partial charge in [0.05, 0.1) is 34.8 Å². The largest absolute Gasteiger partial charge is 0.416 e. The van der Waals surface area contributed by atoms with Crippen molar-refractivity contribution in [2.75, 3.05) is 11.9 Å². The lowest BCUT2D eigenvalue weighted by Crippen LogP contribution is -2.54. The van der Waals surface area contributed by atoms with Gasteiger partial charge in [-0.2, -0.15) is 26.3 Å². The number of aromatic nitrogens is 3. The molecular weight excluding hydrogens is 622 g/mol. The second-order valence-corrected chi connectivity index (χ2v) is 11.5. The van der Waals surface area contributed by atoms with Crippen LogP contribution in [-0.2, 0) is 36.8 Å². The van der Waals surface area contributed by atoms with Crippen LogP contribution in [-0.4, -0.2) is 49.3 Å². The maximum Gasteiger partial charge on any atom is 0.416 e. The predicted molar refractivity (Wildman–Crippen MR) is 163 cm³/mol. The minimum Gasteiger partial charge on any atom is -0.325 e. The molecule has 1 aromatic carbocycles. The highest BCUT2D eigenvalue weighted by Gasteiger charge is 2.38. The number of amides is 1. The highest BCUT2D eigenvalue weighted by molar-refractivity contribution is 5.92. The molecule has 0 saturated heterocycles. The monoisotopic (exact) mass is 656 g/mol. The van der Waals surface area contributed by atoms with Gasteiger partial charge in [0.1, 0.15) is 0 Å². The fraction of sp³-hybridized carbons (Fsp3) is 0.353. The first-order chi connectivity index (χ1) is 22.5. The van der Waals surface area contributed by atoms with Gasteiger partial charge >= 0.3 is 12.4 Å². The summed E-state index contributed by atoms with van der Waals surface area (Å²) >= 11 is 0. The molecule has 1 aliphatic rings. The molecular formula is C34H34F6N6O. The van der Waals surface area contributed by atoms with Crippen molar-refractivity contribution in [3.8, 4) is 0 Å². The normalized spacial score (nSPS) is 17.2. The molecule has 3 heterocycles. The van der Waals surface area contributed by atoms with Gasteiger partial charge < -0.3 is 5.32 Å². The van der Waals surface area contributed by atoms with Crippen molar-refractivity contribution in [3.63, 3.8) is 0 Å². The van der Waals surface area contributed by atoms with E-state index in [1.807, 2.05) is 53.4 Å². The van der Waals surface area contributed by atoms with Crippen molar-refractivity contribution in [1.82, 2.24) is 24.8 Å². The second-order valence-electron chi connectivity index (χ2n) is 11.5. The number of nitrogens with zero attached hydrogens (tertiary/aromatic N) is 5. The van der Waals surface area contributed by atoms with Gasteiger partial charge in [-0.25, -0.2) is 0 Å².